The molecule has 0 spiro atoms. The molecule has 84 valence electrons. The van der Waals surface area contributed by atoms with Crippen molar-refractivity contribution in [2.45, 2.75) is 45.6 Å². The first-order chi connectivity index (χ1) is 6.74. The Balaban J connectivity index is 2.20. The first kappa shape index (κ1) is 12.0. The summed E-state index contributed by atoms with van der Waals surface area (Å²) < 4.78 is 0. The molecule has 1 aliphatic rings. The topological polar surface area (TPSA) is 15.3 Å². The first-order valence-electron chi connectivity index (χ1n) is 6.15. The fourth-order valence-corrected chi connectivity index (χ4v) is 2.31. The van der Waals surface area contributed by atoms with Crippen LogP contribution in [0.4, 0.5) is 0 Å². The van der Waals surface area contributed by atoms with E-state index in [1.54, 1.807) is 0 Å². The van der Waals surface area contributed by atoms with Crippen LogP contribution in [-0.2, 0) is 0 Å². The summed E-state index contributed by atoms with van der Waals surface area (Å²) in [6.07, 6.45) is 5.40. The van der Waals surface area contributed by atoms with Crippen molar-refractivity contribution in [2.75, 3.05) is 26.7 Å². The van der Waals surface area contributed by atoms with E-state index >= 15 is 0 Å². The highest BCUT2D eigenvalue weighted by atomic mass is 15.1. The van der Waals surface area contributed by atoms with Crippen molar-refractivity contribution in [3.63, 3.8) is 0 Å². The average molecular weight is 198 g/mol. The summed E-state index contributed by atoms with van der Waals surface area (Å²) in [5, 5.41) is 3.48. The molecule has 1 N–H and O–H groups in total. The number of hydrogen-bond donors (Lipinski definition) is 1. The second kappa shape index (κ2) is 6.41. The van der Waals surface area contributed by atoms with Crippen molar-refractivity contribution in [3.8, 4) is 0 Å². The maximum absolute atomic E-state index is 3.48. The van der Waals surface area contributed by atoms with Gasteiger partial charge in [-0.25, -0.2) is 0 Å². The number of rotatable bonds is 5. The van der Waals surface area contributed by atoms with Crippen LogP contribution in [0.2, 0.25) is 0 Å². The fraction of sp³-hybridized carbons (Fsp3) is 1.00. The highest BCUT2D eigenvalue weighted by Gasteiger charge is 2.17. The Bertz CT molecular complexity index is 141. The Morgan fingerprint density at radius 2 is 2.29 bits per heavy atom. The van der Waals surface area contributed by atoms with Crippen molar-refractivity contribution in [1.29, 1.82) is 0 Å². The van der Waals surface area contributed by atoms with Crippen LogP contribution in [0, 0.1) is 5.92 Å². The van der Waals surface area contributed by atoms with Gasteiger partial charge in [0.15, 0.2) is 0 Å². The molecule has 2 atom stereocenters. The van der Waals surface area contributed by atoms with Crippen molar-refractivity contribution >= 4 is 0 Å². The van der Waals surface area contributed by atoms with E-state index in [0.29, 0.717) is 0 Å². The van der Waals surface area contributed by atoms with E-state index in [-0.39, 0.29) is 0 Å². The van der Waals surface area contributed by atoms with E-state index in [1.165, 1.54) is 45.3 Å². The lowest BCUT2D eigenvalue weighted by Gasteiger charge is -2.31. The maximum Gasteiger partial charge on any atom is 0.00639 e. The molecule has 0 bridgehead atoms. The van der Waals surface area contributed by atoms with Gasteiger partial charge in [0.2, 0.25) is 0 Å². The molecule has 1 fully saturated rings. The SMILES string of the molecule is CCCC(C)N(C)CC1CCCNC1. The monoisotopic (exact) mass is 198 g/mol. The predicted molar refractivity (Wildman–Crippen MR) is 62.6 cm³/mol. The number of hydrogen-bond acceptors (Lipinski definition) is 2. The number of piperidine rings is 1. The van der Waals surface area contributed by atoms with Gasteiger partial charge >= 0.3 is 0 Å². The maximum atomic E-state index is 3.48. The van der Waals surface area contributed by atoms with E-state index < -0.39 is 0 Å². The molecule has 1 saturated heterocycles. The van der Waals surface area contributed by atoms with E-state index in [0.717, 1.165) is 12.0 Å². The highest BCUT2D eigenvalue weighted by molar-refractivity contribution is 4.73. The minimum atomic E-state index is 0.752. The Kier molecular flexibility index (Phi) is 5.49. The Labute approximate surface area is 89.1 Å². The molecule has 14 heavy (non-hydrogen) atoms. The predicted octanol–water partition coefficient (Wildman–Crippen LogP) is 2.11. The van der Waals surface area contributed by atoms with Crippen LogP contribution in [0.1, 0.15) is 39.5 Å². The van der Waals surface area contributed by atoms with Gasteiger partial charge in [-0.15, -0.1) is 0 Å². The smallest absolute Gasteiger partial charge is 0.00639 e. The molecule has 1 aliphatic heterocycles. The van der Waals surface area contributed by atoms with Gasteiger partial charge < -0.3 is 10.2 Å². The summed E-state index contributed by atoms with van der Waals surface area (Å²) in [6.45, 7) is 8.34. The second-order valence-corrected chi connectivity index (χ2v) is 4.79. The van der Waals surface area contributed by atoms with Gasteiger partial charge in [0.25, 0.3) is 0 Å². The molecule has 0 aromatic heterocycles. The minimum absolute atomic E-state index is 0.752. The molecule has 0 aromatic carbocycles. The summed E-state index contributed by atoms with van der Waals surface area (Å²) >= 11 is 0. The third-order valence-corrected chi connectivity index (χ3v) is 3.40. The van der Waals surface area contributed by atoms with Crippen molar-refractivity contribution in [2.24, 2.45) is 5.92 Å². The van der Waals surface area contributed by atoms with Crippen LogP contribution in [-0.4, -0.2) is 37.6 Å². The van der Waals surface area contributed by atoms with Crippen LogP contribution in [0.5, 0.6) is 0 Å². The van der Waals surface area contributed by atoms with Crippen LogP contribution in [0.3, 0.4) is 0 Å². The molecule has 0 aliphatic carbocycles. The zero-order chi connectivity index (χ0) is 10.4. The molecule has 0 radical (unpaired) electrons. The van der Waals surface area contributed by atoms with Gasteiger partial charge in [0.1, 0.15) is 0 Å². The summed E-state index contributed by atoms with van der Waals surface area (Å²) in [5.41, 5.74) is 0. The summed E-state index contributed by atoms with van der Waals surface area (Å²) in [7, 11) is 2.27. The van der Waals surface area contributed by atoms with E-state index in [1.807, 2.05) is 0 Å². The molecule has 2 heteroatoms. The molecule has 2 unspecified atom stereocenters. The van der Waals surface area contributed by atoms with Crippen LogP contribution in [0.15, 0.2) is 0 Å². The molecule has 1 rings (SSSR count). The molecule has 2 nitrogen and oxygen atoms in total. The van der Waals surface area contributed by atoms with Gasteiger partial charge in [0.05, 0.1) is 0 Å². The molecular weight excluding hydrogens is 172 g/mol. The Hall–Kier alpha value is -0.0800. The van der Waals surface area contributed by atoms with E-state index in [9.17, 15) is 0 Å². The van der Waals surface area contributed by atoms with Crippen molar-refractivity contribution in [3.05, 3.63) is 0 Å². The van der Waals surface area contributed by atoms with Gasteiger partial charge in [0, 0.05) is 12.6 Å². The fourth-order valence-electron chi connectivity index (χ4n) is 2.31. The van der Waals surface area contributed by atoms with Crippen molar-refractivity contribution in [1.82, 2.24) is 10.2 Å². The molecule has 0 aromatic rings. The quantitative estimate of drug-likeness (QED) is 0.728. The molecular formula is C12H26N2. The zero-order valence-corrected chi connectivity index (χ0v) is 10.1. The first-order valence-corrected chi connectivity index (χ1v) is 6.15. The van der Waals surface area contributed by atoms with E-state index in [2.05, 4.69) is 31.1 Å². The molecule has 1 heterocycles. The molecule has 0 amide bonds. The van der Waals surface area contributed by atoms with Gasteiger partial charge in [-0.2, -0.15) is 0 Å². The summed E-state index contributed by atoms with van der Waals surface area (Å²) in [4.78, 5) is 2.53. The normalized spacial score (nSPS) is 25.3. The summed E-state index contributed by atoms with van der Waals surface area (Å²) in [6, 6.07) is 0.752. The number of nitrogens with one attached hydrogen (secondary N) is 1. The standard InChI is InChI=1S/C12H26N2/c1-4-6-11(2)14(3)10-12-7-5-8-13-9-12/h11-13H,4-10H2,1-3H3. The summed E-state index contributed by atoms with van der Waals surface area (Å²) in [5.74, 6) is 0.882. The van der Waals surface area contributed by atoms with Gasteiger partial charge in [-0.05, 0) is 52.2 Å². The molecule has 0 saturated carbocycles. The van der Waals surface area contributed by atoms with Crippen LogP contribution < -0.4 is 5.32 Å². The largest absolute Gasteiger partial charge is 0.316 e. The van der Waals surface area contributed by atoms with Crippen molar-refractivity contribution < 1.29 is 0 Å². The third kappa shape index (κ3) is 3.97. The minimum Gasteiger partial charge on any atom is -0.316 e. The number of nitrogens with zero attached hydrogens (tertiary/aromatic N) is 1. The van der Waals surface area contributed by atoms with Crippen LogP contribution in [0.25, 0.3) is 0 Å². The lowest BCUT2D eigenvalue weighted by molar-refractivity contribution is 0.190. The highest BCUT2D eigenvalue weighted by Crippen LogP contribution is 2.13. The third-order valence-electron chi connectivity index (χ3n) is 3.40. The second-order valence-electron chi connectivity index (χ2n) is 4.79. The van der Waals surface area contributed by atoms with Gasteiger partial charge in [-0.1, -0.05) is 13.3 Å². The van der Waals surface area contributed by atoms with Gasteiger partial charge in [-0.3, -0.25) is 0 Å². The zero-order valence-electron chi connectivity index (χ0n) is 10.1. The average Bonchev–Trinajstić information content (AvgIpc) is 2.19. The van der Waals surface area contributed by atoms with E-state index in [4.69, 9.17) is 0 Å². The van der Waals surface area contributed by atoms with Crippen LogP contribution >= 0.6 is 0 Å². The Morgan fingerprint density at radius 3 is 2.86 bits per heavy atom. The lowest BCUT2D eigenvalue weighted by atomic mass is 9.98. The lowest BCUT2D eigenvalue weighted by Crippen LogP contribution is -2.39. The Morgan fingerprint density at radius 1 is 1.50 bits per heavy atom.